The Morgan fingerprint density at radius 1 is 1.00 bits per heavy atom. The fourth-order valence-corrected chi connectivity index (χ4v) is 2.66. The fraction of sp³-hybridized carbons (Fsp3) is 0.150. The van der Waals surface area contributed by atoms with Gasteiger partial charge in [-0.1, -0.05) is 66.2 Å². The van der Waals surface area contributed by atoms with Gasteiger partial charge in [0.2, 0.25) is 0 Å². The summed E-state index contributed by atoms with van der Waals surface area (Å²) in [6.45, 7) is 1.48. The van der Waals surface area contributed by atoms with Gasteiger partial charge in [-0.2, -0.15) is 0 Å². The van der Waals surface area contributed by atoms with E-state index in [1.165, 1.54) is 0 Å². The second-order valence-electron chi connectivity index (χ2n) is 5.66. The summed E-state index contributed by atoms with van der Waals surface area (Å²) in [6, 6.07) is 19.6. The molecule has 3 rings (SSSR count). The van der Waals surface area contributed by atoms with Crippen molar-refractivity contribution in [3.8, 4) is 0 Å². The summed E-state index contributed by atoms with van der Waals surface area (Å²) >= 11 is 5.83. The highest BCUT2D eigenvalue weighted by Gasteiger charge is 2.09. The monoisotopic (exact) mass is 354 g/mol. The van der Waals surface area contributed by atoms with Crippen LogP contribution in [0, 0.1) is 0 Å². The Kier molecular flexibility index (Phi) is 5.88. The highest BCUT2D eigenvalue weighted by molar-refractivity contribution is 6.30. The van der Waals surface area contributed by atoms with Crippen LogP contribution in [0.1, 0.15) is 27.2 Å². The average molecular weight is 355 g/mol. The first kappa shape index (κ1) is 17.3. The minimum absolute atomic E-state index is 0.188. The number of aromatic amines is 1. The first-order chi connectivity index (χ1) is 12.2. The number of carbonyl (C=O) groups is 1. The summed E-state index contributed by atoms with van der Waals surface area (Å²) in [7, 11) is 0. The van der Waals surface area contributed by atoms with Crippen LogP contribution < -0.4 is 5.32 Å². The van der Waals surface area contributed by atoms with Gasteiger partial charge in [-0.05, 0) is 22.8 Å². The maximum Gasteiger partial charge on any atom is 0.268 e. The van der Waals surface area contributed by atoms with E-state index in [0.717, 1.165) is 16.7 Å². The lowest BCUT2D eigenvalue weighted by Crippen LogP contribution is -2.23. The highest BCUT2D eigenvalue weighted by atomic mass is 35.5. The van der Waals surface area contributed by atoms with Gasteiger partial charge in [0, 0.05) is 12.7 Å². The minimum atomic E-state index is -0.188. The Morgan fingerprint density at radius 3 is 2.44 bits per heavy atom. The molecule has 128 valence electrons. The molecule has 3 aromatic rings. The molecular formula is C20H19ClN2O2. The molecule has 25 heavy (non-hydrogen) atoms. The summed E-state index contributed by atoms with van der Waals surface area (Å²) in [5.41, 5.74) is 3.67. The average Bonchev–Trinajstić information content (AvgIpc) is 3.08. The number of nitrogens with one attached hydrogen (secondary N) is 2. The second-order valence-corrected chi connectivity index (χ2v) is 6.10. The van der Waals surface area contributed by atoms with Gasteiger partial charge in [0.1, 0.15) is 5.69 Å². The van der Waals surface area contributed by atoms with E-state index in [2.05, 4.69) is 10.3 Å². The lowest BCUT2D eigenvalue weighted by Gasteiger charge is -2.11. The Hall–Kier alpha value is -2.56. The first-order valence-corrected chi connectivity index (χ1v) is 8.41. The van der Waals surface area contributed by atoms with Crippen molar-refractivity contribution in [2.45, 2.75) is 19.8 Å². The van der Waals surface area contributed by atoms with E-state index < -0.39 is 0 Å². The van der Waals surface area contributed by atoms with Crippen LogP contribution in [0.2, 0.25) is 5.02 Å². The Bertz CT molecular complexity index is 830. The first-order valence-electron chi connectivity index (χ1n) is 8.03. The van der Waals surface area contributed by atoms with Crippen LogP contribution >= 0.6 is 11.6 Å². The third-order valence-corrected chi connectivity index (χ3v) is 4.04. The molecule has 0 unspecified atom stereocenters. The van der Waals surface area contributed by atoms with E-state index in [0.29, 0.717) is 30.5 Å². The van der Waals surface area contributed by atoms with E-state index in [1.54, 1.807) is 12.3 Å². The summed E-state index contributed by atoms with van der Waals surface area (Å²) in [5.74, 6) is -0.188. The van der Waals surface area contributed by atoms with Crippen molar-refractivity contribution in [2.24, 2.45) is 0 Å². The van der Waals surface area contributed by atoms with Crippen molar-refractivity contribution in [3.05, 3.63) is 94.3 Å². The molecule has 1 amide bonds. The number of benzene rings is 2. The Balaban J connectivity index is 1.56. The van der Waals surface area contributed by atoms with Crippen molar-refractivity contribution >= 4 is 17.5 Å². The predicted molar refractivity (Wildman–Crippen MR) is 98.3 cm³/mol. The van der Waals surface area contributed by atoms with E-state index in [4.69, 9.17) is 16.3 Å². The molecule has 2 N–H and O–H groups in total. The Labute approximate surface area is 151 Å². The zero-order valence-corrected chi connectivity index (χ0v) is 14.4. The van der Waals surface area contributed by atoms with Crippen LogP contribution in [0.3, 0.4) is 0 Å². The molecule has 5 heteroatoms. The number of amides is 1. The van der Waals surface area contributed by atoms with Crippen molar-refractivity contribution in [1.82, 2.24) is 10.3 Å². The van der Waals surface area contributed by atoms with Gasteiger partial charge < -0.3 is 15.0 Å². The zero-order chi connectivity index (χ0) is 17.5. The number of hydrogen-bond donors (Lipinski definition) is 2. The SMILES string of the molecule is O=C(NCc1ccccc1COCc1ccccc1)c1cc(Cl)c[nH]1. The molecule has 0 saturated heterocycles. The molecule has 0 fully saturated rings. The smallest absolute Gasteiger partial charge is 0.268 e. The fourth-order valence-electron chi connectivity index (χ4n) is 2.49. The number of hydrogen-bond acceptors (Lipinski definition) is 2. The summed E-state index contributed by atoms with van der Waals surface area (Å²) < 4.78 is 5.80. The number of halogens is 1. The van der Waals surface area contributed by atoms with Gasteiger partial charge >= 0.3 is 0 Å². The van der Waals surface area contributed by atoms with Crippen LogP contribution in [0.5, 0.6) is 0 Å². The van der Waals surface area contributed by atoms with E-state index in [1.807, 2.05) is 54.6 Å². The maximum absolute atomic E-state index is 12.1. The van der Waals surface area contributed by atoms with Crippen molar-refractivity contribution in [3.63, 3.8) is 0 Å². The van der Waals surface area contributed by atoms with Crippen LogP contribution in [0.4, 0.5) is 0 Å². The van der Waals surface area contributed by atoms with E-state index in [-0.39, 0.29) is 5.91 Å². The van der Waals surface area contributed by atoms with Crippen LogP contribution in [-0.2, 0) is 24.5 Å². The van der Waals surface area contributed by atoms with Gasteiger partial charge in [-0.15, -0.1) is 0 Å². The van der Waals surface area contributed by atoms with Gasteiger partial charge in [0.05, 0.1) is 18.2 Å². The van der Waals surface area contributed by atoms with Crippen molar-refractivity contribution < 1.29 is 9.53 Å². The molecule has 0 atom stereocenters. The standard InChI is InChI=1S/C20H19ClN2O2/c21-18-10-19(22-12-18)20(24)23-11-16-8-4-5-9-17(16)14-25-13-15-6-2-1-3-7-15/h1-10,12,22H,11,13-14H2,(H,23,24). The van der Waals surface area contributed by atoms with Crippen molar-refractivity contribution in [2.75, 3.05) is 0 Å². The highest BCUT2D eigenvalue weighted by Crippen LogP contribution is 2.13. The van der Waals surface area contributed by atoms with E-state index >= 15 is 0 Å². The molecule has 0 aliphatic rings. The Morgan fingerprint density at radius 2 is 1.72 bits per heavy atom. The molecule has 4 nitrogen and oxygen atoms in total. The van der Waals surface area contributed by atoms with Gasteiger partial charge in [-0.3, -0.25) is 4.79 Å². The number of carbonyl (C=O) groups excluding carboxylic acids is 1. The molecule has 0 aliphatic heterocycles. The number of rotatable bonds is 7. The largest absolute Gasteiger partial charge is 0.372 e. The molecule has 0 spiro atoms. The van der Waals surface area contributed by atoms with Gasteiger partial charge in [0.15, 0.2) is 0 Å². The third-order valence-electron chi connectivity index (χ3n) is 3.82. The number of ether oxygens (including phenoxy) is 1. The summed E-state index contributed by atoms with van der Waals surface area (Å²) in [6.07, 6.45) is 1.59. The molecule has 1 heterocycles. The van der Waals surface area contributed by atoms with Crippen LogP contribution in [0.25, 0.3) is 0 Å². The summed E-state index contributed by atoms with van der Waals surface area (Å²) in [4.78, 5) is 14.9. The van der Waals surface area contributed by atoms with Gasteiger partial charge in [0.25, 0.3) is 5.91 Å². The minimum Gasteiger partial charge on any atom is -0.372 e. The molecule has 0 saturated carbocycles. The maximum atomic E-state index is 12.1. The van der Waals surface area contributed by atoms with Crippen molar-refractivity contribution in [1.29, 1.82) is 0 Å². The molecular weight excluding hydrogens is 336 g/mol. The molecule has 0 radical (unpaired) electrons. The number of aromatic nitrogens is 1. The number of H-pyrrole nitrogens is 1. The summed E-state index contributed by atoms with van der Waals surface area (Å²) in [5, 5.41) is 3.41. The van der Waals surface area contributed by atoms with Crippen LogP contribution in [-0.4, -0.2) is 10.9 Å². The normalized spacial score (nSPS) is 10.6. The topological polar surface area (TPSA) is 54.1 Å². The zero-order valence-electron chi connectivity index (χ0n) is 13.7. The lowest BCUT2D eigenvalue weighted by molar-refractivity contribution is 0.0943. The lowest BCUT2D eigenvalue weighted by atomic mass is 10.1. The molecule has 0 aliphatic carbocycles. The van der Waals surface area contributed by atoms with E-state index in [9.17, 15) is 4.79 Å². The molecule has 1 aromatic heterocycles. The second kappa shape index (κ2) is 8.51. The third kappa shape index (κ3) is 4.95. The van der Waals surface area contributed by atoms with Crippen LogP contribution in [0.15, 0.2) is 66.9 Å². The quantitative estimate of drug-likeness (QED) is 0.664. The molecule has 0 bridgehead atoms. The molecule has 2 aromatic carbocycles. The predicted octanol–water partition coefficient (Wildman–Crippen LogP) is 4.31. The van der Waals surface area contributed by atoms with Gasteiger partial charge in [-0.25, -0.2) is 0 Å².